The van der Waals surface area contributed by atoms with Gasteiger partial charge < -0.3 is 4.74 Å². The number of aryl methyl sites for hydroxylation is 1. The molecule has 0 spiro atoms. The molecule has 32 heavy (non-hydrogen) atoms. The van der Waals surface area contributed by atoms with Crippen molar-refractivity contribution >= 4 is 27.8 Å². The summed E-state index contributed by atoms with van der Waals surface area (Å²) in [7, 11) is -2.59. The van der Waals surface area contributed by atoms with Crippen LogP contribution in [0.25, 0.3) is 0 Å². The molecular weight excluding hydrogens is 433 g/mol. The Bertz CT molecular complexity index is 1210. The summed E-state index contributed by atoms with van der Waals surface area (Å²) in [4.78, 5) is 12.5. The highest BCUT2D eigenvalue weighted by molar-refractivity contribution is 7.92. The van der Waals surface area contributed by atoms with Crippen molar-refractivity contribution in [1.29, 1.82) is 0 Å². The summed E-state index contributed by atoms with van der Waals surface area (Å²) < 4.78 is 46.4. The number of sulfonamides is 1. The lowest BCUT2D eigenvalue weighted by Gasteiger charge is -2.24. The summed E-state index contributed by atoms with van der Waals surface area (Å²) in [6.07, 6.45) is 1.15. The van der Waals surface area contributed by atoms with Gasteiger partial charge in [-0.3, -0.25) is 9.10 Å². The molecule has 0 saturated heterocycles. The molecule has 3 aromatic carbocycles. The van der Waals surface area contributed by atoms with E-state index in [2.05, 4.69) is 10.5 Å². The van der Waals surface area contributed by atoms with Crippen LogP contribution in [0.1, 0.15) is 11.1 Å². The van der Waals surface area contributed by atoms with Gasteiger partial charge in [0.25, 0.3) is 15.9 Å². The van der Waals surface area contributed by atoms with E-state index in [-0.39, 0.29) is 10.5 Å². The number of ether oxygens (including phenoxy) is 1. The number of halogens is 1. The molecule has 0 atom stereocenters. The van der Waals surface area contributed by atoms with E-state index in [0.29, 0.717) is 11.4 Å². The van der Waals surface area contributed by atoms with E-state index in [1.165, 1.54) is 49.6 Å². The number of anilines is 1. The van der Waals surface area contributed by atoms with Crippen molar-refractivity contribution in [2.24, 2.45) is 5.10 Å². The molecule has 0 bridgehead atoms. The molecule has 7 nitrogen and oxygen atoms in total. The van der Waals surface area contributed by atoms with Crippen LogP contribution in [0.15, 0.2) is 82.8 Å². The van der Waals surface area contributed by atoms with Crippen molar-refractivity contribution in [3.05, 3.63) is 89.7 Å². The summed E-state index contributed by atoms with van der Waals surface area (Å²) in [6, 6.07) is 18.5. The molecule has 0 aromatic heterocycles. The van der Waals surface area contributed by atoms with Crippen LogP contribution in [0.4, 0.5) is 10.1 Å². The highest BCUT2D eigenvalue weighted by Gasteiger charge is 2.27. The smallest absolute Gasteiger partial charge is 0.264 e. The Labute approximate surface area is 186 Å². The topological polar surface area (TPSA) is 88.1 Å². The fourth-order valence-corrected chi connectivity index (χ4v) is 4.24. The molecular formula is C23H22FN3O4S. The van der Waals surface area contributed by atoms with E-state index in [0.717, 1.165) is 16.1 Å². The van der Waals surface area contributed by atoms with Crippen molar-refractivity contribution in [3.8, 4) is 5.75 Å². The maximum Gasteiger partial charge on any atom is 0.264 e. The number of nitrogens with one attached hydrogen (secondary N) is 1. The van der Waals surface area contributed by atoms with Crippen molar-refractivity contribution in [2.45, 2.75) is 11.8 Å². The van der Waals surface area contributed by atoms with Crippen LogP contribution in [-0.2, 0) is 14.8 Å². The normalized spacial score (nSPS) is 11.3. The highest BCUT2D eigenvalue weighted by Crippen LogP contribution is 2.25. The molecule has 0 saturated carbocycles. The number of hydrogen-bond donors (Lipinski definition) is 1. The molecule has 9 heteroatoms. The van der Waals surface area contributed by atoms with E-state index in [1.54, 1.807) is 30.3 Å². The van der Waals surface area contributed by atoms with E-state index in [1.807, 2.05) is 6.92 Å². The third kappa shape index (κ3) is 5.50. The van der Waals surface area contributed by atoms with Crippen LogP contribution in [0.2, 0.25) is 0 Å². The number of rotatable bonds is 8. The lowest BCUT2D eigenvalue weighted by Crippen LogP contribution is -2.39. The average molecular weight is 456 g/mol. The first-order valence-corrected chi connectivity index (χ1v) is 11.0. The van der Waals surface area contributed by atoms with Crippen molar-refractivity contribution < 1.29 is 22.3 Å². The molecule has 166 valence electrons. The van der Waals surface area contributed by atoms with Crippen LogP contribution >= 0.6 is 0 Å². The molecule has 0 aliphatic carbocycles. The zero-order chi connectivity index (χ0) is 23.1. The van der Waals surface area contributed by atoms with Crippen LogP contribution in [0, 0.1) is 12.7 Å². The largest absolute Gasteiger partial charge is 0.497 e. The predicted molar refractivity (Wildman–Crippen MR) is 121 cm³/mol. The zero-order valence-electron chi connectivity index (χ0n) is 17.5. The molecule has 3 rings (SSSR count). The molecule has 0 aliphatic heterocycles. The second-order valence-electron chi connectivity index (χ2n) is 6.84. The second-order valence-corrected chi connectivity index (χ2v) is 8.70. The number of nitrogens with zero attached hydrogens (tertiary/aromatic N) is 2. The predicted octanol–water partition coefficient (Wildman–Crippen LogP) is 3.49. The van der Waals surface area contributed by atoms with Gasteiger partial charge in [0.15, 0.2) is 0 Å². The van der Waals surface area contributed by atoms with Gasteiger partial charge in [0.05, 0.1) is 23.9 Å². The third-order valence-corrected chi connectivity index (χ3v) is 6.34. The Hall–Kier alpha value is -3.72. The summed E-state index contributed by atoms with van der Waals surface area (Å²) in [6.45, 7) is 1.35. The van der Waals surface area contributed by atoms with Crippen LogP contribution in [0.5, 0.6) is 5.75 Å². The first kappa shape index (κ1) is 23.0. The number of hydrogen-bond acceptors (Lipinski definition) is 5. The number of amides is 1. The highest BCUT2D eigenvalue weighted by atomic mass is 32.2. The van der Waals surface area contributed by atoms with Gasteiger partial charge >= 0.3 is 0 Å². The van der Waals surface area contributed by atoms with Crippen LogP contribution in [-0.4, -0.2) is 34.2 Å². The van der Waals surface area contributed by atoms with Gasteiger partial charge in [-0.15, -0.1) is 0 Å². The SMILES string of the molecule is COc1ccc(S(=O)(=O)N(CC(=O)N/N=C/c2ccccc2F)c2ccc(C)cc2)cc1. The summed E-state index contributed by atoms with van der Waals surface area (Å²) >= 11 is 0. The average Bonchev–Trinajstić information content (AvgIpc) is 2.79. The number of carbonyl (C=O) groups excluding carboxylic acids is 1. The number of methoxy groups -OCH3 is 1. The zero-order valence-corrected chi connectivity index (χ0v) is 18.3. The molecule has 0 aliphatic rings. The second kappa shape index (κ2) is 10.1. The maximum atomic E-state index is 13.7. The Morgan fingerprint density at radius 1 is 1.06 bits per heavy atom. The van der Waals surface area contributed by atoms with Crippen LogP contribution in [0.3, 0.4) is 0 Å². The summed E-state index contributed by atoms with van der Waals surface area (Å²) in [5, 5.41) is 3.74. The van der Waals surface area contributed by atoms with E-state index >= 15 is 0 Å². The molecule has 1 N–H and O–H groups in total. The Morgan fingerprint density at radius 2 is 1.72 bits per heavy atom. The Kier molecular flexibility index (Phi) is 7.21. The van der Waals surface area contributed by atoms with Gasteiger partial charge in [0.2, 0.25) is 0 Å². The summed E-state index contributed by atoms with van der Waals surface area (Å²) in [5.74, 6) is -0.671. The lowest BCUT2D eigenvalue weighted by molar-refractivity contribution is -0.119. The molecule has 0 heterocycles. The van der Waals surface area contributed by atoms with E-state index in [4.69, 9.17) is 4.74 Å². The maximum absolute atomic E-state index is 13.7. The monoisotopic (exact) mass is 455 g/mol. The van der Waals surface area contributed by atoms with E-state index in [9.17, 15) is 17.6 Å². The van der Waals surface area contributed by atoms with Gasteiger partial charge in [-0.25, -0.2) is 18.2 Å². The number of benzene rings is 3. The first-order valence-electron chi connectivity index (χ1n) is 9.61. The van der Waals surface area contributed by atoms with Gasteiger partial charge in [0, 0.05) is 5.56 Å². The standard InChI is InChI=1S/C23H22FN3O4S/c1-17-7-9-19(10-8-17)27(32(29,30)21-13-11-20(31-2)12-14-21)16-23(28)26-25-15-18-5-3-4-6-22(18)24/h3-15H,16H2,1-2H3,(H,26,28)/b25-15+. The van der Waals surface area contributed by atoms with Crippen molar-refractivity contribution in [2.75, 3.05) is 18.0 Å². The molecule has 0 radical (unpaired) electrons. The summed E-state index contributed by atoms with van der Waals surface area (Å²) in [5.41, 5.74) is 3.70. The third-order valence-electron chi connectivity index (χ3n) is 4.55. The molecule has 0 fully saturated rings. The minimum atomic E-state index is -4.07. The Morgan fingerprint density at radius 3 is 2.34 bits per heavy atom. The molecule has 0 unspecified atom stereocenters. The van der Waals surface area contributed by atoms with Crippen molar-refractivity contribution in [3.63, 3.8) is 0 Å². The number of carbonyl (C=O) groups is 1. The van der Waals surface area contributed by atoms with Gasteiger partial charge in [0.1, 0.15) is 18.1 Å². The van der Waals surface area contributed by atoms with Gasteiger partial charge in [-0.2, -0.15) is 5.10 Å². The first-order chi connectivity index (χ1) is 15.3. The molecule has 3 aromatic rings. The van der Waals surface area contributed by atoms with E-state index < -0.39 is 28.3 Å². The fourth-order valence-electron chi connectivity index (χ4n) is 2.82. The van der Waals surface area contributed by atoms with Gasteiger partial charge in [-0.05, 0) is 49.4 Å². The lowest BCUT2D eigenvalue weighted by atomic mass is 10.2. The van der Waals surface area contributed by atoms with Crippen LogP contribution < -0.4 is 14.5 Å². The van der Waals surface area contributed by atoms with Gasteiger partial charge in [-0.1, -0.05) is 35.9 Å². The number of hydrazone groups is 1. The quantitative estimate of drug-likeness (QED) is 0.416. The molecule has 1 amide bonds. The minimum Gasteiger partial charge on any atom is -0.497 e. The fraction of sp³-hybridized carbons (Fsp3) is 0.130. The Balaban J connectivity index is 1.85. The minimum absolute atomic E-state index is 0.00142. The van der Waals surface area contributed by atoms with Crippen molar-refractivity contribution in [1.82, 2.24) is 5.43 Å².